The number of aromatic nitrogens is 2. The minimum Gasteiger partial charge on any atom is -0.506 e. The van der Waals surface area contributed by atoms with E-state index in [0.29, 0.717) is 27.5 Å². The van der Waals surface area contributed by atoms with Crippen LogP contribution in [0.2, 0.25) is 0 Å². The third kappa shape index (κ3) is 6.46. The molecule has 14 nitrogen and oxygen atoms in total. The molecule has 1 unspecified atom stereocenters. The number of aryl methyl sites for hydroxylation is 1. The first-order valence-electron chi connectivity index (χ1n) is 18.2. The van der Waals surface area contributed by atoms with Crippen molar-refractivity contribution in [1.82, 2.24) is 29.0 Å². The summed E-state index contributed by atoms with van der Waals surface area (Å²) in [7, 11) is -2.57. The average molecular weight is 748 g/mol. The zero-order valence-electron chi connectivity index (χ0n) is 29.4. The number of rotatable bonds is 7. The molecule has 3 amide bonds. The maximum Gasteiger partial charge on any atom is 0.329 e. The zero-order chi connectivity index (χ0) is 37.2. The number of likely N-dealkylation sites (tertiary alicyclic amines) is 2. The van der Waals surface area contributed by atoms with Crippen LogP contribution in [0.5, 0.6) is 5.75 Å². The Morgan fingerprint density at radius 1 is 0.811 bits per heavy atom. The molecule has 5 heterocycles. The summed E-state index contributed by atoms with van der Waals surface area (Å²) in [6.45, 7) is 5.06. The Labute approximate surface area is 305 Å². The summed E-state index contributed by atoms with van der Waals surface area (Å²) < 4.78 is 46.1. The highest BCUT2D eigenvalue weighted by Crippen LogP contribution is 2.40. The Morgan fingerprint density at radius 3 is 2.04 bits per heavy atom. The summed E-state index contributed by atoms with van der Waals surface area (Å²) in [6.07, 6.45) is 4.32. The number of halogens is 1. The Hall–Kier alpha value is -4.80. The van der Waals surface area contributed by atoms with E-state index in [1.807, 2.05) is 16.9 Å². The monoisotopic (exact) mass is 747 g/mol. The largest absolute Gasteiger partial charge is 0.506 e. The third-order valence-corrected chi connectivity index (χ3v) is 13.0. The maximum absolute atomic E-state index is 15.8. The molecular formula is C37H42FN7O7S. The summed E-state index contributed by atoms with van der Waals surface area (Å²) in [6, 6.07) is 12.1. The normalized spacial score (nSPS) is 22.2. The lowest BCUT2D eigenvalue weighted by molar-refractivity contribution is -0.135. The quantitative estimate of drug-likeness (QED) is 0.241. The van der Waals surface area contributed by atoms with Crippen LogP contribution in [0.15, 0.2) is 47.3 Å². The Morgan fingerprint density at radius 2 is 1.43 bits per heavy atom. The number of phenols is 1. The van der Waals surface area contributed by atoms with Crippen molar-refractivity contribution in [3.05, 3.63) is 69.9 Å². The van der Waals surface area contributed by atoms with E-state index in [2.05, 4.69) is 27.2 Å². The van der Waals surface area contributed by atoms with Crippen molar-refractivity contribution in [1.29, 1.82) is 0 Å². The molecule has 16 heteroatoms. The van der Waals surface area contributed by atoms with E-state index in [1.165, 1.54) is 16.2 Å². The number of hydrogen-bond acceptors (Lipinski definition) is 9. The van der Waals surface area contributed by atoms with Gasteiger partial charge in [0.2, 0.25) is 11.8 Å². The number of anilines is 1. The number of carbonyl (C=O) groups is 3. The number of aromatic hydroxyl groups is 1. The highest BCUT2D eigenvalue weighted by molar-refractivity contribution is 7.92. The highest BCUT2D eigenvalue weighted by Gasteiger charge is 2.38. The van der Waals surface area contributed by atoms with Crippen molar-refractivity contribution < 1.29 is 32.3 Å². The first kappa shape index (κ1) is 35.2. The van der Waals surface area contributed by atoms with Gasteiger partial charge in [-0.2, -0.15) is 8.42 Å². The molecule has 0 saturated carbocycles. The molecule has 4 aliphatic rings. The van der Waals surface area contributed by atoms with Gasteiger partial charge in [0.1, 0.15) is 24.0 Å². The van der Waals surface area contributed by atoms with Gasteiger partial charge in [0.25, 0.3) is 5.91 Å². The van der Waals surface area contributed by atoms with Gasteiger partial charge in [-0.25, -0.2) is 18.2 Å². The molecule has 1 atom stereocenters. The number of nitrogens with one attached hydrogen (secondary N) is 2. The van der Waals surface area contributed by atoms with Crippen LogP contribution in [0.4, 0.5) is 10.1 Å². The molecule has 4 saturated heterocycles. The van der Waals surface area contributed by atoms with Gasteiger partial charge in [0.15, 0.2) is 5.82 Å². The van der Waals surface area contributed by atoms with Crippen molar-refractivity contribution in [3.63, 3.8) is 0 Å². The second kappa shape index (κ2) is 13.6. The van der Waals surface area contributed by atoms with Crippen molar-refractivity contribution in [3.8, 4) is 5.75 Å². The van der Waals surface area contributed by atoms with E-state index in [0.717, 1.165) is 76.0 Å². The molecule has 0 aliphatic carbocycles. The van der Waals surface area contributed by atoms with Gasteiger partial charge in [-0.1, -0.05) is 18.2 Å². The van der Waals surface area contributed by atoms with Crippen LogP contribution in [0, 0.1) is 5.82 Å². The minimum atomic E-state index is -4.29. The number of phenolic OH excluding ortho intramolecular Hbond substituents is 1. The molecular weight excluding hydrogens is 706 g/mol. The van der Waals surface area contributed by atoms with E-state index < -0.39 is 51.9 Å². The van der Waals surface area contributed by atoms with Gasteiger partial charge in [0, 0.05) is 31.9 Å². The van der Waals surface area contributed by atoms with Crippen LogP contribution in [-0.4, -0.2) is 96.0 Å². The van der Waals surface area contributed by atoms with Crippen LogP contribution in [0.1, 0.15) is 67.5 Å². The fourth-order valence-electron chi connectivity index (χ4n) is 8.61. The second-order valence-electron chi connectivity index (χ2n) is 14.7. The average Bonchev–Trinajstić information content (AvgIpc) is 3.55. The lowest BCUT2D eigenvalue weighted by Crippen LogP contribution is -2.44. The summed E-state index contributed by atoms with van der Waals surface area (Å²) in [5.41, 5.74) is 2.84. The fourth-order valence-corrected chi connectivity index (χ4v) is 9.77. The standard InChI is InChI=1S/C37H42FN7O7S/c1-41-30-19-25(4-5-28(30)45(37(41)50)29-6-7-32(47)39-36(29)49)23-10-14-43(15-11-23)17-16-42-12-8-22(9-13-42)24-2-3-26-20-31(46)35(34(38)27(26)18-24)44-21-33(48)40-53(44,51)52/h2-5,18-20,22-23,29,46H,6-17,21H2,1H3,(H,40,48)(H,39,47,49). The van der Waals surface area contributed by atoms with Gasteiger partial charge in [-0.3, -0.25) is 28.8 Å². The number of benzene rings is 3. The number of nitrogens with zero attached hydrogens (tertiary/aromatic N) is 5. The van der Waals surface area contributed by atoms with Crippen LogP contribution >= 0.6 is 0 Å². The molecule has 53 heavy (non-hydrogen) atoms. The van der Waals surface area contributed by atoms with Crippen molar-refractivity contribution >= 4 is 55.4 Å². The van der Waals surface area contributed by atoms with E-state index >= 15 is 4.39 Å². The van der Waals surface area contributed by atoms with Gasteiger partial charge >= 0.3 is 15.9 Å². The highest BCUT2D eigenvalue weighted by atomic mass is 32.2. The van der Waals surface area contributed by atoms with Crippen molar-refractivity contribution in [2.24, 2.45) is 7.05 Å². The maximum atomic E-state index is 15.8. The SMILES string of the molecule is Cn1c(=O)n(C2CCC(=O)NC2=O)c2ccc(C3CCN(CCN4CCC(c5ccc6cc(O)c(N7CC(=O)NS7(=O)=O)c(F)c6c5)CC4)CC3)cc21. The van der Waals surface area contributed by atoms with Gasteiger partial charge in [0.05, 0.1) is 11.0 Å². The Bertz CT molecular complexity index is 2320. The van der Waals surface area contributed by atoms with E-state index in [1.54, 1.807) is 23.7 Å². The third-order valence-electron chi connectivity index (χ3n) is 11.6. The molecule has 3 N–H and O–H groups in total. The van der Waals surface area contributed by atoms with E-state index in [9.17, 15) is 32.7 Å². The predicted molar refractivity (Wildman–Crippen MR) is 195 cm³/mol. The molecule has 4 fully saturated rings. The zero-order valence-corrected chi connectivity index (χ0v) is 30.2. The molecule has 0 bridgehead atoms. The molecule has 0 radical (unpaired) electrons. The topological polar surface area (TPSA) is 166 Å². The number of piperidine rings is 3. The molecule has 0 spiro atoms. The Kier molecular flexibility index (Phi) is 9.02. The smallest absolute Gasteiger partial charge is 0.329 e. The summed E-state index contributed by atoms with van der Waals surface area (Å²) in [5, 5.41) is 13.5. The van der Waals surface area contributed by atoms with Crippen molar-refractivity contribution in [2.75, 3.05) is 50.1 Å². The van der Waals surface area contributed by atoms with E-state index in [-0.39, 0.29) is 29.3 Å². The predicted octanol–water partition coefficient (Wildman–Crippen LogP) is 2.56. The molecule has 8 rings (SSSR count). The van der Waals surface area contributed by atoms with Gasteiger partial charge in [-0.05, 0) is 111 Å². The molecule has 280 valence electrons. The number of carbonyl (C=O) groups excluding carboxylic acids is 3. The summed E-state index contributed by atoms with van der Waals surface area (Å²) in [4.78, 5) is 54.1. The number of hydrogen-bond donors (Lipinski definition) is 3. The van der Waals surface area contributed by atoms with Crippen LogP contribution in [0.3, 0.4) is 0 Å². The molecule has 4 aliphatic heterocycles. The first-order valence-corrected chi connectivity index (χ1v) is 19.6. The summed E-state index contributed by atoms with van der Waals surface area (Å²) >= 11 is 0. The minimum absolute atomic E-state index is 0.199. The lowest BCUT2D eigenvalue weighted by atomic mass is 9.88. The fraction of sp³-hybridized carbons (Fsp3) is 0.459. The van der Waals surface area contributed by atoms with Crippen LogP contribution < -0.4 is 20.0 Å². The van der Waals surface area contributed by atoms with Gasteiger partial charge in [-0.15, -0.1) is 0 Å². The van der Waals surface area contributed by atoms with Crippen LogP contribution in [0.25, 0.3) is 21.8 Å². The number of imide groups is 1. The van der Waals surface area contributed by atoms with E-state index in [4.69, 9.17) is 0 Å². The molecule has 1 aromatic heterocycles. The van der Waals surface area contributed by atoms with Gasteiger partial charge < -0.3 is 14.9 Å². The molecule has 4 aromatic rings. The lowest BCUT2D eigenvalue weighted by Gasteiger charge is -2.36. The Balaban J connectivity index is 0.857. The second-order valence-corrected chi connectivity index (χ2v) is 16.3. The van der Waals surface area contributed by atoms with Crippen LogP contribution in [-0.2, 0) is 31.6 Å². The van der Waals surface area contributed by atoms with Crippen molar-refractivity contribution in [2.45, 2.75) is 56.4 Å². The summed E-state index contributed by atoms with van der Waals surface area (Å²) in [5.74, 6) is -2.39. The molecule has 3 aromatic carbocycles. The number of amides is 3. The number of fused-ring (bicyclic) bond motifs is 2. The number of imidazole rings is 1. The first-order chi connectivity index (χ1) is 25.4.